The van der Waals surface area contributed by atoms with Crippen LogP contribution < -0.4 is 10.3 Å². The second-order valence-electron chi connectivity index (χ2n) is 7.02. The van der Waals surface area contributed by atoms with Gasteiger partial charge in [-0.05, 0) is 56.2 Å². The summed E-state index contributed by atoms with van der Waals surface area (Å²) in [4.78, 5) is 24.7. The van der Waals surface area contributed by atoms with E-state index in [1.165, 1.54) is 5.01 Å². The van der Waals surface area contributed by atoms with Gasteiger partial charge >= 0.3 is 0 Å². The lowest BCUT2D eigenvalue weighted by atomic mass is 9.87. The van der Waals surface area contributed by atoms with Crippen molar-refractivity contribution in [2.45, 2.75) is 58.4 Å². The van der Waals surface area contributed by atoms with E-state index in [-0.39, 0.29) is 17.9 Å². The molecule has 1 heterocycles. The number of nitrogens with one attached hydrogen (secondary N) is 1. The number of nitrogens with zero attached hydrogens (tertiary/aromatic N) is 2. The van der Waals surface area contributed by atoms with Crippen LogP contribution in [0.25, 0.3) is 0 Å². The molecular formula is C19H25N3O2. The molecule has 1 fully saturated rings. The summed E-state index contributed by atoms with van der Waals surface area (Å²) in [6.07, 6.45) is 5.11. The number of amides is 2. The summed E-state index contributed by atoms with van der Waals surface area (Å²) in [6.45, 7) is 4.23. The first-order chi connectivity index (χ1) is 11.5. The van der Waals surface area contributed by atoms with Crippen molar-refractivity contribution in [3.63, 3.8) is 0 Å². The molecule has 1 N–H and O–H groups in total. The smallest absolute Gasteiger partial charge is 0.267 e. The lowest BCUT2D eigenvalue weighted by Crippen LogP contribution is -2.44. The summed E-state index contributed by atoms with van der Waals surface area (Å²) >= 11 is 0. The minimum atomic E-state index is -0.125. The first-order valence-electron chi connectivity index (χ1n) is 8.81. The molecule has 0 aromatic heterocycles. The Bertz CT molecular complexity index is 660. The minimum Gasteiger partial charge on any atom is -0.348 e. The maximum absolute atomic E-state index is 12.5. The number of hydrogen-bond acceptors (Lipinski definition) is 3. The Kier molecular flexibility index (Phi) is 4.97. The highest BCUT2D eigenvalue weighted by Crippen LogP contribution is 2.24. The fourth-order valence-electron chi connectivity index (χ4n) is 3.35. The van der Waals surface area contributed by atoms with E-state index in [4.69, 9.17) is 0 Å². The predicted octanol–water partition coefficient (Wildman–Crippen LogP) is 3.17. The lowest BCUT2D eigenvalue weighted by Gasteiger charge is -2.28. The zero-order valence-corrected chi connectivity index (χ0v) is 14.4. The zero-order valence-electron chi connectivity index (χ0n) is 14.4. The van der Waals surface area contributed by atoms with Crippen molar-refractivity contribution in [2.24, 2.45) is 11.0 Å². The van der Waals surface area contributed by atoms with Gasteiger partial charge in [0.1, 0.15) is 5.71 Å². The van der Waals surface area contributed by atoms with E-state index in [9.17, 15) is 9.59 Å². The van der Waals surface area contributed by atoms with E-state index in [0.717, 1.165) is 42.9 Å². The Labute approximate surface area is 143 Å². The van der Waals surface area contributed by atoms with Gasteiger partial charge in [0.15, 0.2) is 0 Å². The van der Waals surface area contributed by atoms with Crippen molar-refractivity contribution in [3.8, 4) is 0 Å². The minimum absolute atomic E-state index is 0.0661. The quantitative estimate of drug-likeness (QED) is 0.927. The molecule has 1 saturated carbocycles. The van der Waals surface area contributed by atoms with Gasteiger partial charge in [0.05, 0.1) is 5.69 Å². The standard InChI is InChI=1S/C19H25N3O2/c1-13-6-8-15(9-7-13)20-19(24)17-10-11-18(23)22(21-17)16-5-3-4-14(2)12-16/h3-5,12-13,15H,6-11H2,1-2H3,(H,20,24). The molecule has 1 aliphatic carbocycles. The fraction of sp³-hybridized carbons (Fsp3) is 0.526. The van der Waals surface area contributed by atoms with Gasteiger partial charge in [0, 0.05) is 18.9 Å². The molecule has 5 heteroatoms. The molecule has 0 atom stereocenters. The molecule has 1 aliphatic heterocycles. The van der Waals surface area contributed by atoms with E-state index >= 15 is 0 Å². The molecule has 24 heavy (non-hydrogen) atoms. The van der Waals surface area contributed by atoms with Gasteiger partial charge in [-0.3, -0.25) is 9.59 Å². The first-order valence-corrected chi connectivity index (χ1v) is 8.81. The Morgan fingerprint density at radius 2 is 1.96 bits per heavy atom. The molecule has 128 valence electrons. The van der Waals surface area contributed by atoms with Crippen LogP contribution >= 0.6 is 0 Å². The van der Waals surface area contributed by atoms with Gasteiger partial charge < -0.3 is 5.32 Å². The van der Waals surface area contributed by atoms with Gasteiger partial charge in [-0.2, -0.15) is 5.10 Å². The highest BCUT2D eigenvalue weighted by atomic mass is 16.2. The van der Waals surface area contributed by atoms with Crippen molar-refractivity contribution in [3.05, 3.63) is 29.8 Å². The zero-order chi connectivity index (χ0) is 17.1. The Hall–Kier alpha value is -2.17. The highest BCUT2D eigenvalue weighted by molar-refractivity contribution is 6.40. The predicted molar refractivity (Wildman–Crippen MR) is 94.9 cm³/mol. The van der Waals surface area contributed by atoms with E-state index < -0.39 is 0 Å². The van der Waals surface area contributed by atoms with Crippen molar-refractivity contribution in [2.75, 3.05) is 5.01 Å². The second-order valence-corrected chi connectivity index (χ2v) is 7.02. The van der Waals surface area contributed by atoms with Crippen LogP contribution in [0.1, 0.15) is 51.0 Å². The van der Waals surface area contributed by atoms with Gasteiger partial charge in [-0.25, -0.2) is 5.01 Å². The Morgan fingerprint density at radius 3 is 2.67 bits per heavy atom. The SMILES string of the molecule is Cc1cccc(N2N=C(C(=O)NC3CCC(C)CC3)CCC2=O)c1. The number of carbonyl (C=O) groups excluding carboxylic acids is 2. The van der Waals surface area contributed by atoms with Crippen molar-refractivity contribution < 1.29 is 9.59 Å². The third-order valence-electron chi connectivity index (χ3n) is 4.89. The van der Waals surface area contributed by atoms with E-state index in [1.807, 2.05) is 31.2 Å². The molecule has 1 aromatic rings. The lowest BCUT2D eigenvalue weighted by molar-refractivity contribution is -0.119. The molecule has 0 saturated heterocycles. The molecule has 3 rings (SSSR count). The van der Waals surface area contributed by atoms with Crippen molar-refractivity contribution in [1.82, 2.24) is 5.32 Å². The maximum Gasteiger partial charge on any atom is 0.267 e. The van der Waals surface area contributed by atoms with Crippen LogP contribution in [0.2, 0.25) is 0 Å². The molecule has 5 nitrogen and oxygen atoms in total. The largest absolute Gasteiger partial charge is 0.348 e. The number of hydrogen-bond donors (Lipinski definition) is 1. The van der Waals surface area contributed by atoms with Gasteiger partial charge in [-0.15, -0.1) is 0 Å². The fourth-order valence-corrected chi connectivity index (χ4v) is 3.35. The molecule has 2 amide bonds. The van der Waals surface area contributed by atoms with Crippen LogP contribution in [-0.2, 0) is 9.59 Å². The average Bonchev–Trinajstić information content (AvgIpc) is 2.57. The van der Waals surface area contributed by atoms with Crippen molar-refractivity contribution in [1.29, 1.82) is 0 Å². The molecule has 0 radical (unpaired) electrons. The van der Waals surface area contributed by atoms with Gasteiger partial charge in [0.25, 0.3) is 5.91 Å². The summed E-state index contributed by atoms with van der Waals surface area (Å²) in [5.74, 6) is 0.558. The maximum atomic E-state index is 12.5. The third-order valence-corrected chi connectivity index (χ3v) is 4.89. The third kappa shape index (κ3) is 3.83. The van der Waals surface area contributed by atoms with Crippen LogP contribution in [0.15, 0.2) is 29.4 Å². The molecule has 2 aliphatic rings. The first kappa shape index (κ1) is 16.7. The molecule has 0 unspecified atom stereocenters. The Balaban J connectivity index is 1.71. The van der Waals surface area contributed by atoms with Crippen LogP contribution in [0.5, 0.6) is 0 Å². The highest BCUT2D eigenvalue weighted by Gasteiger charge is 2.27. The van der Waals surface area contributed by atoms with Crippen LogP contribution in [0.4, 0.5) is 5.69 Å². The van der Waals surface area contributed by atoms with Gasteiger partial charge in [0.2, 0.25) is 5.91 Å². The topological polar surface area (TPSA) is 61.8 Å². The number of carbonyl (C=O) groups is 2. The molecule has 0 spiro atoms. The summed E-state index contributed by atoms with van der Waals surface area (Å²) in [5, 5.41) is 8.81. The van der Waals surface area contributed by atoms with Crippen LogP contribution in [0, 0.1) is 12.8 Å². The summed E-state index contributed by atoms with van der Waals surface area (Å²) in [6, 6.07) is 7.86. The molecule has 0 bridgehead atoms. The van der Waals surface area contributed by atoms with E-state index in [0.29, 0.717) is 18.6 Å². The van der Waals surface area contributed by atoms with E-state index in [1.54, 1.807) is 0 Å². The monoisotopic (exact) mass is 327 g/mol. The second kappa shape index (κ2) is 7.16. The molecule has 1 aromatic carbocycles. The normalized spacial score (nSPS) is 24.5. The van der Waals surface area contributed by atoms with Gasteiger partial charge in [-0.1, -0.05) is 19.1 Å². The number of anilines is 1. The van der Waals surface area contributed by atoms with E-state index in [2.05, 4.69) is 17.3 Å². The number of aryl methyl sites for hydroxylation is 1. The molecular weight excluding hydrogens is 302 g/mol. The van der Waals surface area contributed by atoms with Crippen molar-refractivity contribution >= 4 is 23.2 Å². The Morgan fingerprint density at radius 1 is 1.21 bits per heavy atom. The van der Waals surface area contributed by atoms with Crippen LogP contribution in [-0.4, -0.2) is 23.6 Å². The number of rotatable bonds is 3. The number of benzene rings is 1. The summed E-state index contributed by atoms with van der Waals surface area (Å²) in [7, 11) is 0. The van der Waals surface area contributed by atoms with Crippen LogP contribution in [0.3, 0.4) is 0 Å². The number of hydrazone groups is 1. The summed E-state index contributed by atoms with van der Waals surface area (Å²) in [5.41, 5.74) is 2.23. The summed E-state index contributed by atoms with van der Waals surface area (Å²) < 4.78 is 0. The average molecular weight is 327 g/mol.